The quantitative estimate of drug-likeness (QED) is 0.207. The zero-order valence-electron chi connectivity index (χ0n) is 30.4. The van der Waals surface area contributed by atoms with Gasteiger partial charge in [0.25, 0.3) is 0 Å². The van der Waals surface area contributed by atoms with Gasteiger partial charge in [0.15, 0.2) is 36.6 Å². The number of esters is 10. The molecule has 52 heavy (non-hydrogen) atoms. The maximum absolute atomic E-state index is 12.1. The lowest BCUT2D eigenvalue weighted by molar-refractivity contribution is -0.221. The van der Waals surface area contributed by atoms with Crippen molar-refractivity contribution >= 4 is 59.7 Å². The van der Waals surface area contributed by atoms with E-state index in [1.165, 1.54) is 0 Å². The van der Waals surface area contributed by atoms with Crippen LogP contribution >= 0.6 is 0 Å². The summed E-state index contributed by atoms with van der Waals surface area (Å²) in [5, 5.41) is 0. The first kappa shape index (κ1) is 44.7. The van der Waals surface area contributed by atoms with E-state index in [4.69, 9.17) is 47.4 Å². The first-order valence-electron chi connectivity index (χ1n) is 15.7. The zero-order valence-corrected chi connectivity index (χ0v) is 30.4. The highest BCUT2D eigenvalue weighted by atomic mass is 16.6. The lowest BCUT2D eigenvalue weighted by Crippen LogP contribution is -2.60. The molecule has 0 aromatic heterocycles. The molecule has 0 radical (unpaired) electrons. The molecule has 20 heteroatoms. The Balaban J connectivity index is 0.000000520. The molecule has 2 aliphatic rings. The van der Waals surface area contributed by atoms with E-state index in [-0.39, 0.29) is 12.8 Å². The average Bonchev–Trinajstić information content (AvgIpc) is 3.00. The molecule has 20 nitrogen and oxygen atoms in total. The van der Waals surface area contributed by atoms with E-state index in [1.807, 2.05) is 0 Å². The summed E-state index contributed by atoms with van der Waals surface area (Å²) in [4.78, 5) is 116. The number of rotatable bonds is 10. The molecule has 0 heterocycles. The molecule has 0 bridgehead atoms. The lowest BCUT2D eigenvalue weighted by Gasteiger charge is -2.43. The first-order valence-corrected chi connectivity index (χ1v) is 15.7. The van der Waals surface area contributed by atoms with E-state index < -0.39 is 120 Å². The molecule has 2 saturated carbocycles. The SMILES string of the molecule is COC(=O)[C@@H]1C[C@H](OC(C)=O)[C@@H](OC(C)=O)[C@H](OC(C)=O)[C@H]1OC(C)=O.COC(=O)[C@@H]1C[C@H](OC(C)=O)[C@@H](OC(C)=O)[C@H](OC(C)=O)[C@H]1OC(C)=O. The smallest absolute Gasteiger partial charge is 0.312 e. The minimum Gasteiger partial charge on any atom is -0.469 e. The van der Waals surface area contributed by atoms with Crippen molar-refractivity contribution in [1.29, 1.82) is 0 Å². The third-order valence-electron chi connectivity index (χ3n) is 7.25. The third kappa shape index (κ3) is 13.8. The van der Waals surface area contributed by atoms with E-state index >= 15 is 0 Å². The maximum atomic E-state index is 12.1. The number of hydrogen-bond donors (Lipinski definition) is 0. The zero-order chi connectivity index (χ0) is 40.0. The van der Waals surface area contributed by atoms with Gasteiger partial charge in [-0.1, -0.05) is 0 Å². The van der Waals surface area contributed by atoms with Crippen LogP contribution in [0.1, 0.15) is 68.2 Å². The van der Waals surface area contributed by atoms with Crippen LogP contribution in [0.2, 0.25) is 0 Å². The third-order valence-corrected chi connectivity index (χ3v) is 7.25. The van der Waals surface area contributed by atoms with Crippen LogP contribution in [0, 0.1) is 11.8 Å². The summed E-state index contributed by atoms with van der Waals surface area (Å²) in [5.41, 5.74) is 0. The van der Waals surface area contributed by atoms with Gasteiger partial charge in [-0.25, -0.2) is 0 Å². The standard InChI is InChI=1S/2C16H22O10/c2*1-7(17)23-12-6-11(16(21)22-5)13(24-8(2)18)15(26-10(4)20)14(12)25-9(3)19/h2*11-15H,6H2,1-5H3/t2*11-,12+,13+,14-,15-/m11/s1. The van der Waals surface area contributed by atoms with E-state index in [1.54, 1.807) is 0 Å². The highest BCUT2D eigenvalue weighted by Crippen LogP contribution is 2.36. The predicted molar refractivity (Wildman–Crippen MR) is 165 cm³/mol. The molecule has 0 aromatic rings. The molecule has 292 valence electrons. The molecule has 2 fully saturated rings. The summed E-state index contributed by atoms with van der Waals surface area (Å²) < 4.78 is 50.6. The monoisotopic (exact) mass is 748 g/mol. The number of hydrogen-bond acceptors (Lipinski definition) is 20. The molecular formula is C32H44O20. The van der Waals surface area contributed by atoms with Crippen molar-refractivity contribution < 1.29 is 95.3 Å². The number of ether oxygens (including phenoxy) is 10. The van der Waals surface area contributed by atoms with Crippen LogP contribution in [0.3, 0.4) is 0 Å². The summed E-state index contributed by atoms with van der Waals surface area (Å²) in [6.07, 6.45) is -10.3. The van der Waals surface area contributed by atoms with Crippen LogP contribution < -0.4 is 0 Å². The average molecular weight is 749 g/mol. The Labute approximate surface area is 298 Å². The molecule has 2 aliphatic carbocycles. The molecule has 0 unspecified atom stereocenters. The van der Waals surface area contributed by atoms with Crippen LogP contribution in [-0.2, 0) is 95.3 Å². The van der Waals surface area contributed by atoms with Gasteiger partial charge in [0.1, 0.15) is 24.0 Å². The van der Waals surface area contributed by atoms with Crippen molar-refractivity contribution in [3.05, 3.63) is 0 Å². The van der Waals surface area contributed by atoms with Gasteiger partial charge >= 0.3 is 59.7 Å². The number of methoxy groups -OCH3 is 2. The molecule has 0 saturated heterocycles. The predicted octanol–water partition coefficient (Wildman–Crippen LogP) is -0.188. The molecule has 2 rings (SSSR count). The lowest BCUT2D eigenvalue weighted by atomic mass is 9.80. The molecule has 0 amide bonds. The van der Waals surface area contributed by atoms with Crippen molar-refractivity contribution in [2.45, 2.75) is 117 Å². The number of carbonyl (C=O) groups is 10. The Bertz CT molecular complexity index is 1270. The highest BCUT2D eigenvalue weighted by molar-refractivity contribution is 5.77. The fourth-order valence-electron chi connectivity index (χ4n) is 5.71. The van der Waals surface area contributed by atoms with Crippen LogP contribution in [0.4, 0.5) is 0 Å². The Morgan fingerprint density at radius 1 is 0.327 bits per heavy atom. The summed E-state index contributed by atoms with van der Waals surface area (Å²) >= 11 is 0. The van der Waals surface area contributed by atoms with E-state index in [0.717, 1.165) is 69.6 Å². The summed E-state index contributed by atoms with van der Waals surface area (Å²) in [7, 11) is 2.26. The second-order valence-electron chi connectivity index (χ2n) is 11.5. The van der Waals surface area contributed by atoms with Crippen LogP contribution in [0.5, 0.6) is 0 Å². The van der Waals surface area contributed by atoms with Crippen molar-refractivity contribution in [2.24, 2.45) is 11.8 Å². The van der Waals surface area contributed by atoms with Crippen LogP contribution in [0.25, 0.3) is 0 Å². The van der Waals surface area contributed by atoms with E-state index in [0.29, 0.717) is 0 Å². The van der Waals surface area contributed by atoms with Crippen molar-refractivity contribution in [2.75, 3.05) is 14.2 Å². The Hall–Kier alpha value is -5.30. The van der Waals surface area contributed by atoms with Crippen molar-refractivity contribution in [3.63, 3.8) is 0 Å². The van der Waals surface area contributed by atoms with Gasteiger partial charge in [-0.2, -0.15) is 0 Å². The largest absolute Gasteiger partial charge is 0.469 e. The minimum absolute atomic E-state index is 0.153. The Morgan fingerprint density at radius 2 is 0.538 bits per heavy atom. The fourth-order valence-corrected chi connectivity index (χ4v) is 5.71. The summed E-state index contributed by atoms with van der Waals surface area (Å²) in [5.74, 6) is -9.57. The molecular weight excluding hydrogens is 704 g/mol. The molecule has 0 spiro atoms. The van der Waals surface area contributed by atoms with Crippen LogP contribution in [0.15, 0.2) is 0 Å². The van der Waals surface area contributed by atoms with Gasteiger partial charge in [0.2, 0.25) is 0 Å². The maximum Gasteiger partial charge on any atom is 0.312 e. The van der Waals surface area contributed by atoms with Gasteiger partial charge in [-0.15, -0.1) is 0 Å². The second-order valence-corrected chi connectivity index (χ2v) is 11.5. The Kier molecular flexibility index (Phi) is 17.7. The molecule has 0 aliphatic heterocycles. The Morgan fingerprint density at radius 3 is 0.750 bits per heavy atom. The normalized spacial score (nSPS) is 27.7. The first-order chi connectivity index (χ1) is 24.1. The fraction of sp³-hybridized carbons (Fsp3) is 0.688. The van der Waals surface area contributed by atoms with Gasteiger partial charge in [-0.05, 0) is 0 Å². The topological polar surface area (TPSA) is 263 Å². The molecule has 10 atom stereocenters. The molecule has 0 N–H and O–H groups in total. The van der Waals surface area contributed by atoms with Gasteiger partial charge in [0.05, 0.1) is 14.2 Å². The van der Waals surface area contributed by atoms with Crippen molar-refractivity contribution in [1.82, 2.24) is 0 Å². The van der Waals surface area contributed by atoms with Gasteiger partial charge in [0, 0.05) is 68.2 Å². The van der Waals surface area contributed by atoms with E-state index in [2.05, 4.69) is 0 Å². The minimum atomic E-state index is -1.36. The summed E-state index contributed by atoms with van der Waals surface area (Å²) in [6, 6.07) is 0. The number of carbonyl (C=O) groups excluding carboxylic acids is 10. The summed E-state index contributed by atoms with van der Waals surface area (Å²) in [6.45, 7) is 8.91. The van der Waals surface area contributed by atoms with Crippen LogP contribution in [-0.4, -0.2) is 123 Å². The second kappa shape index (κ2) is 20.5. The van der Waals surface area contributed by atoms with Gasteiger partial charge < -0.3 is 47.4 Å². The van der Waals surface area contributed by atoms with E-state index in [9.17, 15) is 47.9 Å². The molecule has 0 aromatic carbocycles. The highest BCUT2D eigenvalue weighted by Gasteiger charge is 2.56. The van der Waals surface area contributed by atoms with Crippen molar-refractivity contribution in [3.8, 4) is 0 Å². The van der Waals surface area contributed by atoms with Gasteiger partial charge in [-0.3, -0.25) is 47.9 Å².